The maximum Gasteiger partial charge on any atom is 0.339 e. The Morgan fingerprint density at radius 2 is 2.16 bits per heavy atom. The molecule has 0 saturated carbocycles. The van der Waals surface area contributed by atoms with E-state index in [0.29, 0.717) is 10.2 Å². The molecule has 0 aliphatic carbocycles. The normalized spacial score (nSPS) is 10.7. The Kier molecular flexibility index (Phi) is 3.91. The largest absolute Gasteiger partial charge is 0.478 e. The third-order valence-electron chi connectivity index (χ3n) is 2.62. The number of pyridine rings is 1. The number of carboxylic acids is 1. The van der Waals surface area contributed by atoms with Gasteiger partial charge in [-0.05, 0) is 37.9 Å². The minimum Gasteiger partial charge on any atom is -0.478 e. The predicted molar refractivity (Wildman–Crippen MR) is 75.4 cm³/mol. The number of carbonyl (C=O) groups is 1. The van der Waals surface area contributed by atoms with Gasteiger partial charge in [-0.15, -0.1) is 0 Å². The number of nitrogens with zero attached hydrogens (tertiary/aromatic N) is 3. The Morgan fingerprint density at radius 1 is 1.47 bits per heavy atom. The Labute approximate surface area is 124 Å². The van der Waals surface area contributed by atoms with Crippen molar-refractivity contribution in [1.29, 1.82) is 0 Å². The van der Waals surface area contributed by atoms with Crippen LogP contribution < -0.4 is 5.56 Å². The molecular formula is C11H9Br2N3O3. The lowest BCUT2D eigenvalue weighted by Gasteiger charge is -2.08. The maximum atomic E-state index is 12.0. The van der Waals surface area contributed by atoms with Gasteiger partial charge in [-0.25, -0.2) is 4.79 Å². The Bertz CT molecular complexity index is 706. The first kappa shape index (κ1) is 14.0. The van der Waals surface area contributed by atoms with Crippen molar-refractivity contribution in [3.63, 3.8) is 0 Å². The van der Waals surface area contributed by atoms with Crippen LogP contribution in [0.3, 0.4) is 0 Å². The van der Waals surface area contributed by atoms with E-state index in [4.69, 9.17) is 5.11 Å². The Morgan fingerprint density at radius 3 is 2.79 bits per heavy atom. The maximum absolute atomic E-state index is 12.0. The van der Waals surface area contributed by atoms with Crippen molar-refractivity contribution >= 4 is 37.8 Å². The lowest BCUT2D eigenvalue weighted by molar-refractivity contribution is 0.0695. The smallest absolute Gasteiger partial charge is 0.339 e. The molecule has 0 atom stereocenters. The first-order valence-corrected chi connectivity index (χ1v) is 6.78. The molecule has 6 nitrogen and oxygen atoms in total. The number of hydrogen-bond acceptors (Lipinski definition) is 3. The van der Waals surface area contributed by atoms with Gasteiger partial charge in [0.05, 0.1) is 22.9 Å². The highest BCUT2D eigenvalue weighted by Gasteiger charge is 2.16. The molecule has 19 heavy (non-hydrogen) atoms. The molecule has 0 bridgehead atoms. The number of aryl methyl sites for hydroxylation is 1. The lowest BCUT2D eigenvalue weighted by atomic mass is 10.2. The van der Waals surface area contributed by atoms with Crippen LogP contribution in [-0.4, -0.2) is 25.4 Å². The van der Waals surface area contributed by atoms with Gasteiger partial charge in [-0.2, -0.15) is 5.10 Å². The van der Waals surface area contributed by atoms with Crippen LogP contribution in [-0.2, 0) is 13.6 Å². The molecule has 0 spiro atoms. The van der Waals surface area contributed by atoms with Gasteiger partial charge in [-0.1, -0.05) is 0 Å². The van der Waals surface area contributed by atoms with Gasteiger partial charge < -0.3 is 9.67 Å². The average molecular weight is 391 g/mol. The molecule has 2 heterocycles. The molecule has 8 heteroatoms. The summed E-state index contributed by atoms with van der Waals surface area (Å²) in [5.74, 6) is -1.06. The van der Waals surface area contributed by atoms with Crippen LogP contribution in [0.5, 0.6) is 0 Å². The second kappa shape index (κ2) is 5.30. The molecule has 0 aromatic carbocycles. The first-order valence-electron chi connectivity index (χ1n) is 5.20. The molecule has 100 valence electrons. The first-order chi connectivity index (χ1) is 8.90. The van der Waals surface area contributed by atoms with Crippen molar-refractivity contribution in [3.05, 3.63) is 49.0 Å². The third kappa shape index (κ3) is 2.79. The summed E-state index contributed by atoms with van der Waals surface area (Å²) in [4.78, 5) is 23.0. The van der Waals surface area contributed by atoms with Crippen molar-refractivity contribution < 1.29 is 9.90 Å². The monoisotopic (exact) mass is 389 g/mol. The summed E-state index contributed by atoms with van der Waals surface area (Å²) in [5, 5.41) is 13.0. The van der Waals surface area contributed by atoms with Crippen LogP contribution in [0.1, 0.15) is 16.1 Å². The van der Waals surface area contributed by atoms with E-state index in [1.165, 1.54) is 15.4 Å². The molecular weight excluding hydrogens is 382 g/mol. The van der Waals surface area contributed by atoms with Crippen LogP contribution in [0.15, 0.2) is 32.2 Å². The van der Waals surface area contributed by atoms with Crippen LogP contribution >= 0.6 is 31.9 Å². The van der Waals surface area contributed by atoms with Gasteiger partial charge in [0.1, 0.15) is 5.56 Å². The van der Waals surface area contributed by atoms with Crippen molar-refractivity contribution in [1.82, 2.24) is 14.3 Å². The van der Waals surface area contributed by atoms with E-state index in [-0.39, 0.29) is 17.7 Å². The van der Waals surface area contributed by atoms with Crippen molar-refractivity contribution in [2.24, 2.45) is 7.05 Å². The number of aromatic carboxylic acids is 1. The van der Waals surface area contributed by atoms with Gasteiger partial charge >= 0.3 is 5.97 Å². The summed E-state index contributed by atoms with van der Waals surface area (Å²) < 4.78 is 3.99. The SMILES string of the molecule is Cn1ncc(C(=O)O)c1Cn1cc(Br)cc(Br)c1=O. The van der Waals surface area contributed by atoms with Gasteiger partial charge in [-0.3, -0.25) is 9.48 Å². The molecule has 0 radical (unpaired) electrons. The van der Waals surface area contributed by atoms with Crippen LogP contribution in [0.2, 0.25) is 0 Å². The zero-order valence-corrected chi connectivity index (χ0v) is 13.0. The molecule has 0 saturated heterocycles. The van der Waals surface area contributed by atoms with Gasteiger partial charge in [0, 0.05) is 17.7 Å². The predicted octanol–water partition coefficient (Wildman–Crippen LogP) is 1.85. The topological polar surface area (TPSA) is 77.1 Å². The van der Waals surface area contributed by atoms with E-state index in [9.17, 15) is 9.59 Å². The summed E-state index contributed by atoms with van der Waals surface area (Å²) in [7, 11) is 1.64. The summed E-state index contributed by atoms with van der Waals surface area (Å²) in [5.41, 5.74) is 0.311. The number of halogens is 2. The van der Waals surface area contributed by atoms with Gasteiger partial charge in [0.15, 0.2) is 0 Å². The zero-order valence-electron chi connectivity index (χ0n) is 9.80. The van der Waals surface area contributed by atoms with Crippen LogP contribution in [0, 0.1) is 0 Å². The molecule has 2 aromatic rings. The summed E-state index contributed by atoms with van der Waals surface area (Å²) in [6.45, 7) is 0.134. The molecule has 0 fully saturated rings. The lowest BCUT2D eigenvalue weighted by Crippen LogP contribution is -2.23. The fourth-order valence-corrected chi connectivity index (χ4v) is 2.93. The minimum atomic E-state index is -1.06. The van der Waals surface area contributed by atoms with E-state index in [1.807, 2.05) is 0 Å². The number of hydrogen-bond donors (Lipinski definition) is 1. The number of rotatable bonds is 3. The standard InChI is InChI=1S/C11H9Br2N3O3/c1-15-9(7(3-14-15)11(18)19)5-16-4-6(12)2-8(13)10(16)17/h2-4H,5H2,1H3,(H,18,19). The quantitative estimate of drug-likeness (QED) is 0.867. The van der Waals surface area contributed by atoms with E-state index in [2.05, 4.69) is 37.0 Å². The highest BCUT2D eigenvalue weighted by Crippen LogP contribution is 2.15. The van der Waals surface area contributed by atoms with E-state index in [0.717, 1.165) is 4.47 Å². The Hall–Kier alpha value is -1.41. The van der Waals surface area contributed by atoms with E-state index < -0.39 is 5.97 Å². The number of aromatic nitrogens is 3. The summed E-state index contributed by atoms with van der Waals surface area (Å²) in [6, 6.07) is 1.64. The molecule has 0 amide bonds. The average Bonchev–Trinajstić information content (AvgIpc) is 2.67. The Balaban J connectivity index is 2.50. The van der Waals surface area contributed by atoms with E-state index in [1.54, 1.807) is 19.3 Å². The van der Waals surface area contributed by atoms with Crippen LogP contribution in [0.4, 0.5) is 0 Å². The van der Waals surface area contributed by atoms with E-state index >= 15 is 0 Å². The van der Waals surface area contributed by atoms with Crippen molar-refractivity contribution in [2.75, 3.05) is 0 Å². The van der Waals surface area contributed by atoms with Crippen molar-refractivity contribution in [3.8, 4) is 0 Å². The molecule has 0 aliphatic rings. The molecule has 2 aromatic heterocycles. The molecule has 2 rings (SSSR count). The fraction of sp³-hybridized carbons (Fsp3) is 0.182. The third-order valence-corrected chi connectivity index (χ3v) is 3.62. The zero-order chi connectivity index (χ0) is 14.2. The molecule has 0 unspecified atom stereocenters. The second-order valence-electron chi connectivity index (χ2n) is 3.87. The highest BCUT2D eigenvalue weighted by atomic mass is 79.9. The second-order valence-corrected chi connectivity index (χ2v) is 5.64. The molecule has 1 N–H and O–H groups in total. The minimum absolute atomic E-state index is 0.0884. The number of carboxylic acid groups (broad SMARTS) is 1. The van der Waals surface area contributed by atoms with Gasteiger partial charge in [0.25, 0.3) is 5.56 Å². The summed E-state index contributed by atoms with van der Waals surface area (Å²) in [6.07, 6.45) is 2.88. The van der Waals surface area contributed by atoms with Crippen LogP contribution in [0.25, 0.3) is 0 Å². The highest BCUT2D eigenvalue weighted by molar-refractivity contribution is 9.11. The molecule has 0 aliphatic heterocycles. The van der Waals surface area contributed by atoms with Crippen molar-refractivity contribution in [2.45, 2.75) is 6.54 Å². The summed E-state index contributed by atoms with van der Waals surface area (Å²) >= 11 is 6.45. The fourth-order valence-electron chi connectivity index (χ4n) is 1.67. The van der Waals surface area contributed by atoms with Gasteiger partial charge in [0.2, 0.25) is 0 Å².